The van der Waals surface area contributed by atoms with Gasteiger partial charge in [0, 0.05) is 24.5 Å². The molecule has 10 heteroatoms. The average molecular weight is 473 g/mol. The third kappa shape index (κ3) is 4.36. The van der Waals surface area contributed by atoms with Crippen molar-refractivity contribution in [1.29, 1.82) is 0 Å². The summed E-state index contributed by atoms with van der Waals surface area (Å²) in [6.45, 7) is 0.259. The minimum absolute atomic E-state index is 0.130. The molecule has 2 N–H and O–H groups in total. The number of anilines is 1. The lowest BCUT2D eigenvalue weighted by Crippen LogP contribution is -2.55. The number of aromatic nitrogens is 1. The van der Waals surface area contributed by atoms with E-state index in [0.717, 1.165) is 6.20 Å². The molecule has 0 bridgehead atoms. The first-order valence-corrected chi connectivity index (χ1v) is 10.2. The minimum atomic E-state index is -4.69. The topological polar surface area (TPSA) is 80.3 Å². The van der Waals surface area contributed by atoms with Gasteiger partial charge in [0.15, 0.2) is 0 Å². The summed E-state index contributed by atoms with van der Waals surface area (Å²) in [5, 5.41) is 5.09. The van der Waals surface area contributed by atoms with Crippen molar-refractivity contribution in [2.45, 2.75) is 11.6 Å². The van der Waals surface area contributed by atoms with Crippen LogP contribution in [0.3, 0.4) is 0 Å². The molecule has 4 rings (SSSR count). The maximum absolute atomic E-state index is 13.1. The Kier molecular flexibility index (Phi) is 6.09. The first kappa shape index (κ1) is 23.4. The van der Waals surface area contributed by atoms with Crippen molar-refractivity contribution in [3.05, 3.63) is 83.4 Å². The third-order valence-corrected chi connectivity index (χ3v) is 5.65. The van der Waals surface area contributed by atoms with Crippen molar-refractivity contribution in [2.75, 3.05) is 25.6 Å². The lowest BCUT2D eigenvalue weighted by molar-refractivity contribution is -0.141. The Morgan fingerprint density at radius 3 is 2.21 bits per heavy atom. The van der Waals surface area contributed by atoms with Crippen molar-refractivity contribution in [2.24, 2.45) is 0 Å². The Morgan fingerprint density at radius 2 is 1.68 bits per heavy atom. The van der Waals surface area contributed by atoms with E-state index in [1.54, 1.807) is 24.3 Å². The molecule has 3 aromatic rings. The van der Waals surface area contributed by atoms with Crippen LogP contribution in [0.4, 0.5) is 23.2 Å². The Bertz CT molecular complexity index is 1220. The maximum Gasteiger partial charge on any atom is 0.433 e. The molecule has 6 nitrogen and oxygen atoms in total. The third-order valence-electron chi connectivity index (χ3n) is 5.65. The summed E-state index contributed by atoms with van der Waals surface area (Å²) in [5.41, 5.74) is -0.590. The summed E-state index contributed by atoms with van der Waals surface area (Å²) >= 11 is 0. The van der Waals surface area contributed by atoms with E-state index in [2.05, 4.69) is 15.6 Å². The number of hydrogen-bond acceptors (Lipinski definition) is 4. The van der Waals surface area contributed by atoms with Crippen LogP contribution in [-0.2, 0) is 21.1 Å². The number of pyridine rings is 1. The van der Waals surface area contributed by atoms with Gasteiger partial charge in [0.2, 0.25) is 5.91 Å². The van der Waals surface area contributed by atoms with Crippen molar-refractivity contribution >= 4 is 17.5 Å². The van der Waals surface area contributed by atoms with Gasteiger partial charge in [0.1, 0.15) is 16.9 Å². The Balaban J connectivity index is 1.64. The molecule has 0 aliphatic carbocycles. The van der Waals surface area contributed by atoms with Crippen LogP contribution in [0, 0.1) is 5.82 Å². The first-order valence-electron chi connectivity index (χ1n) is 10.2. The Morgan fingerprint density at radius 1 is 1.03 bits per heavy atom. The molecule has 0 spiro atoms. The largest absolute Gasteiger partial charge is 0.433 e. The molecule has 1 aliphatic rings. The molecule has 0 saturated carbocycles. The van der Waals surface area contributed by atoms with E-state index in [1.165, 1.54) is 31.3 Å². The highest BCUT2D eigenvalue weighted by atomic mass is 19.4. The zero-order valence-electron chi connectivity index (χ0n) is 17.9. The molecule has 176 valence electrons. The summed E-state index contributed by atoms with van der Waals surface area (Å²) < 4.78 is 57.7. The van der Waals surface area contributed by atoms with Crippen LogP contribution in [-0.4, -0.2) is 37.1 Å². The molecule has 0 unspecified atom stereocenters. The predicted octanol–water partition coefficient (Wildman–Crippen LogP) is 4.17. The normalized spacial score (nSPS) is 14.7. The molecule has 1 fully saturated rings. The highest BCUT2D eigenvalue weighted by molar-refractivity contribution is 6.01. The smallest absolute Gasteiger partial charge is 0.378 e. The number of nitrogens with one attached hydrogen (secondary N) is 2. The quantitative estimate of drug-likeness (QED) is 0.545. The van der Waals surface area contributed by atoms with E-state index in [0.29, 0.717) is 22.9 Å². The van der Waals surface area contributed by atoms with Gasteiger partial charge in [-0.25, -0.2) is 4.39 Å². The van der Waals surface area contributed by atoms with Gasteiger partial charge in [-0.2, -0.15) is 13.2 Å². The van der Waals surface area contributed by atoms with Gasteiger partial charge in [-0.3, -0.25) is 14.6 Å². The van der Waals surface area contributed by atoms with Gasteiger partial charge >= 0.3 is 6.18 Å². The predicted molar refractivity (Wildman–Crippen MR) is 116 cm³/mol. The van der Waals surface area contributed by atoms with E-state index < -0.39 is 29.0 Å². The van der Waals surface area contributed by atoms with Crippen molar-refractivity contribution in [3.8, 4) is 11.1 Å². The fourth-order valence-corrected chi connectivity index (χ4v) is 3.65. The van der Waals surface area contributed by atoms with Crippen LogP contribution in [0.2, 0.25) is 0 Å². The van der Waals surface area contributed by atoms with E-state index >= 15 is 0 Å². The van der Waals surface area contributed by atoms with Gasteiger partial charge < -0.3 is 15.4 Å². The minimum Gasteiger partial charge on any atom is -0.378 e. The van der Waals surface area contributed by atoms with Gasteiger partial charge in [0.25, 0.3) is 5.91 Å². The number of rotatable bonds is 5. The second kappa shape index (κ2) is 8.86. The lowest BCUT2D eigenvalue weighted by atomic mass is 9.77. The standard InChI is InChI=1S/C24H19F4N3O3/c1-29-21(32)18-10-20(24(26,27)28)30-11-19(18)14-2-4-15(5-3-14)23(12-34-13-23)22(33)31-17-8-6-16(25)7-9-17/h2-11H,12-13H2,1H3,(H,29,32)(H,31,33). The van der Waals surface area contributed by atoms with Crippen LogP contribution in [0.1, 0.15) is 21.6 Å². The zero-order chi connectivity index (χ0) is 24.5. The first-order chi connectivity index (χ1) is 16.1. The Labute approximate surface area is 192 Å². The number of carbonyl (C=O) groups excluding carboxylic acids is 2. The monoisotopic (exact) mass is 473 g/mol. The van der Waals surface area contributed by atoms with Crippen molar-refractivity contribution in [1.82, 2.24) is 10.3 Å². The number of hydrogen-bond donors (Lipinski definition) is 2. The molecule has 34 heavy (non-hydrogen) atoms. The van der Waals surface area contributed by atoms with E-state index in [-0.39, 0.29) is 30.2 Å². The number of nitrogens with zero attached hydrogens (tertiary/aromatic N) is 1. The van der Waals surface area contributed by atoms with Crippen molar-refractivity contribution in [3.63, 3.8) is 0 Å². The molecule has 2 aromatic carbocycles. The molecular weight excluding hydrogens is 454 g/mol. The van der Waals surface area contributed by atoms with E-state index in [9.17, 15) is 27.2 Å². The van der Waals surface area contributed by atoms with Crippen LogP contribution in [0.25, 0.3) is 11.1 Å². The molecule has 1 aliphatic heterocycles. The van der Waals surface area contributed by atoms with Crippen LogP contribution < -0.4 is 10.6 Å². The molecular formula is C24H19F4N3O3. The lowest BCUT2D eigenvalue weighted by Gasteiger charge is -2.40. The second-order valence-corrected chi connectivity index (χ2v) is 7.81. The number of amides is 2. The summed E-state index contributed by atoms with van der Waals surface area (Å²) in [4.78, 5) is 28.7. The zero-order valence-corrected chi connectivity index (χ0v) is 17.9. The van der Waals surface area contributed by atoms with Gasteiger partial charge in [-0.05, 0) is 41.5 Å². The van der Waals surface area contributed by atoms with Crippen molar-refractivity contribution < 1.29 is 31.9 Å². The van der Waals surface area contributed by atoms with Gasteiger partial charge in [-0.15, -0.1) is 0 Å². The summed E-state index contributed by atoms with van der Waals surface area (Å²) in [5.74, 6) is -1.45. The molecule has 2 heterocycles. The molecule has 1 saturated heterocycles. The number of ether oxygens (including phenoxy) is 1. The SMILES string of the molecule is CNC(=O)c1cc(C(F)(F)F)ncc1-c1ccc(C2(C(=O)Nc3ccc(F)cc3)COC2)cc1. The molecule has 0 atom stereocenters. The number of halogens is 4. The molecule has 0 radical (unpaired) electrons. The molecule has 2 amide bonds. The Hall–Kier alpha value is -3.79. The fraction of sp³-hybridized carbons (Fsp3) is 0.208. The highest BCUT2D eigenvalue weighted by Crippen LogP contribution is 2.36. The van der Waals surface area contributed by atoms with E-state index in [1.807, 2.05) is 0 Å². The molecule has 1 aromatic heterocycles. The van der Waals surface area contributed by atoms with Crippen LogP contribution in [0.15, 0.2) is 60.8 Å². The van der Waals surface area contributed by atoms with Crippen LogP contribution in [0.5, 0.6) is 0 Å². The number of carbonyl (C=O) groups is 2. The van der Waals surface area contributed by atoms with E-state index in [4.69, 9.17) is 4.74 Å². The van der Waals surface area contributed by atoms with Crippen LogP contribution >= 0.6 is 0 Å². The van der Waals surface area contributed by atoms with Gasteiger partial charge in [-0.1, -0.05) is 24.3 Å². The summed E-state index contributed by atoms with van der Waals surface area (Å²) in [7, 11) is 1.32. The average Bonchev–Trinajstić information content (AvgIpc) is 2.79. The summed E-state index contributed by atoms with van der Waals surface area (Å²) in [6, 6.07) is 12.6. The maximum atomic E-state index is 13.1. The highest BCUT2D eigenvalue weighted by Gasteiger charge is 2.47. The van der Waals surface area contributed by atoms with Gasteiger partial charge in [0.05, 0.1) is 18.8 Å². The number of alkyl halides is 3. The second-order valence-electron chi connectivity index (χ2n) is 7.81. The number of benzene rings is 2. The fourth-order valence-electron chi connectivity index (χ4n) is 3.65. The summed E-state index contributed by atoms with van der Waals surface area (Å²) in [6.07, 6.45) is -3.69.